The van der Waals surface area contributed by atoms with Gasteiger partial charge in [0.05, 0.1) is 18.1 Å². The van der Waals surface area contributed by atoms with Crippen molar-refractivity contribution in [3.8, 4) is 11.5 Å². The quantitative estimate of drug-likeness (QED) is 0.379. The summed E-state index contributed by atoms with van der Waals surface area (Å²) in [5.41, 5.74) is 1.17. The molecule has 0 unspecified atom stereocenters. The molecule has 1 aliphatic heterocycles. The third kappa shape index (κ3) is 5.02. The van der Waals surface area contributed by atoms with Crippen molar-refractivity contribution in [3.05, 3.63) is 69.7 Å². The van der Waals surface area contributed by atoms with Crippen LogP contribution < -0.4 is 9.47 Å². The van der Waals surface area contributed by atoms with E-state index < -0.39 is 4.92 Å². The number of piperazine rings is 1. The topological polar surface area (TPSA) is 85.2 Å². The normalized spacial score (nSPS) is 19.1. The lowest BCUT2D eigenvalue weighted by Crippen LogP contribution is -2.55. The number of rotatable bonds is 7. The van der Waals surface area contributed by atoms with Crippen molar-refractivity contribution in [2.45, 2.75) is 32.5 Å². The highest BCUT2D eigenvalue weighted by Crippen LogP contribution is 2.32. The first-order chi connectivity index (χ1) is 14.8. The molecule has 0 N–H and O–H groups in total. The molecule has 0 spiro atoms. The van der Waals surface area contributed by atoms with Crippen LogP contribution in [0.2, 0.25) is 0 Å². The Hall–Kier alpha value is -3.42. The Morgan fingerprint density at radius 3 is 2.55 bits per heavy atom. The second kappa shape index (κ2) is 9.59. The second-order valence-corrected chi connectivity index (χ2v) is 7.40. The highest BCUT2D eigenvalue weighted by atomic mass is 19.1. The first-order valence-corrected chi connectivity index (χ1v) is 9.79. The molecule has 8 nitrogen and oxygen atoms in total. The van der Waals surface area contributed by atoms with Crippen LogP contribution in [-0.4, -0.2) is 53.1 Å². The van der Waals surface area contributed by atoms with Gasteiger partial charge in [-0.1, -0.05) is 12.1 Å². The van der Waals surface area contributed by atoms with Gasteiger partial charge in [-0.3, -0.25) is 15.0 Å². The number of hydrogen-bond acceptors (Lipinski definition) is 7. The second-order valence-electron chi connectivity index (χ2n) is 7.40. The summed E-state index contributed by atoms with van der Waals surface area (Å²) < 4.78 is 24.1. The minimum absolute atomic E-state index is 0.0507. The van der Waals surface area contributed by atoms with Crippen LogP contribution in [0.15, 0.2) is 48.2 Å². The van der Waals surface area contributed by atoms with E-state index in [1.807, 2.05) is 29.6 Å². The Morgan fingerprint density at radius 1 is 1.23 bits per heavy atom. The minimum Gasteiger partial charge on any atom is -0.497 e. The number of nitrogens with zero attached hydrogens (tertiary/aromatic N) is 3. The van der Waals surface area contributed by atoms with Crippen molar-refractivity contribution in [2.75, 3.05) is 20.4 Å². The predicted octanol–water partition coefficient (Wildman–Crippen LogP) is 3.39. The molecule has 1 fully saturated rings. The summed E-state index contributed by atoms with van der Waals surface area (Å²) in [6, 6.07) is 10.1. The van der Waals surface area contributed by atoms with Gasteiger partial charge < -0.3 is 14.4 Å². The van der Waals surface area contributed by atoms with E-state index in [2.05, 4.69) is 0 Å². The molecule has 2 atom stereocenters. The van der Waals surface area contributed by atoms with E-state index in [0.29, 0.717) is 24.5 Å². The van der Waals surface area contributed by atoms with E-state index in [9.17, 15) is 19.3 Å². The number of nitro groups is 1. The molecule has 2 aromatic rings. The summed E-state index contributed by atoms with van der Waals surface area (Å²) in [6.07, 6.45) is 0. The summed E-state index contributed by atoms with van der Waals surface area (Å²) in [5.74, 6) is 2.26. The van der Waals surface area contributed by atoms with E-state index >= 15 is 0 Å². The molecule has 2 aromatic carbocycles. The van der Waals surface area contributed by atoms with E-state index in [0.717, 1.165) is 5.56 Å². The zero-order valence-electron chi connectivity index (χ0n) is 17.6. The van der Waals surface area contributed by atoms with Crippen LogP contribution in [0.1, 0.15) is 19.4 Å². The van der Waals surface area contributed by atoms with Crippen LogP contribution in [0.4, 0.5) is 10.1 Å². The Balaban J connectivity index is 1.74. The number of hydrogen-bond donors (Lipinski definition) is 0. The molecule has 0 amide bonds. The van der Waals surface area contributed by atoms with E-state index in [1.165, 1.54) is 37.4 Å². The predicted molar refractivity (Wildman–Crippen MR) is 112 cm³/mol. The highest BCUT2D eigenvalue weighted by molar-refractivity contribution is 5.54. The number of carbonyl (C=O) groups excluding carboxylic acids is 1. The molecular formula is C22H24FN3O5. The summed E-state index contributed by atoms with van der Waals surface area (Å²) in [4.78, 5) is 26.4. The molecule has 31 heavy (non-hydrogen) atoms. The van der Waals surface area contributed by atoms with Gasteiger partial charge in [-0.2, -0.15) is 0 Å². The lowest BCUT2D eigenvalue weighted by molar-refractivity contribution is -0.386. The van der Waals surface area contributed by atoms with Crippen molar-refractivity contribution in [2.24, 2.45) is 0 Å². The first kappa shape index (κ1) is 22.3. The fourth-order valence-electron chi connectivity index (χ4n) is 3.62. The summed E-state index contributed by atoms with van der Waals surface area (Å²) in [5, 5.41) is 11.3. The van der Waals surface area contributed by atoms with Crippen molar-refractivity contribution in [1.29, 1.82) is 0 Å². The Kier molecular flexibility index (Phi) is 6.89. The van der Waals surface area contributed by atoms with Gasteiger partial charge in [0.15, 0.2) is 0 Å². The monoisotopic (exact) mass is 429 g/mol. The van der Waals surface area contributed by atoms with Crippen molar-refractivity contribution >= 4 is 11.6 Å². The molecular weight excluding hydrogens is 405 g/mol. The lowest BCUT2D eigenvalue weighted by atomic mass is 10.0. The van der Waals surface area contributed by atoms with Gasteiger partial charge in [0.25, 0.3) is 0 Å². The van der Waals surface area contributed by atoms with Crippen LogP contribution >= 0.6 is 0 Å². The molecule has 9 heteroatoms. The highest BCUT2D eigenvalue weighted by Gasteiger charge is 2.34. The van der Waals surface area contributed by atoms with Crippen molar-refractivity contribution in [1.82, 2.24) is 9.80 Å². The SMILES string of the molecule is COc1ccc([N+](=O)[O-])c(OCN2C[C@@H](C)N(Cc3ccc(F)cc3)C(=C=O)[C@@H]2C)c1. The van der Waals surface area contributed by atoms with E-state index in [1.54, 1.807) is 12.1 Å². The van der Waals surface area contributed by atoms with Crippen LogP contribution in [0.3, 0.4) is 0 Å². The fraction of sp³-hybridized carbons (Fsp3) is 0.364. The smallest absolute Gasteiger partial charge is 0.311 e. The Labute approximate surface area is 179 Å². The third-order valence-electron chi connectivity index (χ3n) is 5.40. The zero-order chi connectivity index (χ0) is 22.5. The van der Waals surface area contributed by atoms with Gasteiger partial charge in [-0.15, -0.1) is 0 Å². The van der Waals surface area contributed by atoms with Crippen molar-refractivity contribution in [3.63, 3.8) is 0 Å². The first-order valence-electron chi connectivity index (χ1n) is 9.79. The number of ether oxygens (including phenoxy) is 2. The maximum atomic E-state index is 13.2. The molecule has 164 valence electrons. The van der Waals surface area contributed by atoms with Gasteiger partial charge in [-0.05, 0) is 37.6 Å². The average molecular weight is 429 g/mol. The molecule has 0 aromatic heterocycles. The molecule has 1 heterocycles. The molecule has 1 saturated heterocycles. The molecule has 0 aliphatic carbocycles. The molecule has 0 saturated carbocycles. The zero-order valence-corrected chi connectivity index (χ0v) is 17.6. The Morgan fingerprint density at radius 2 is 1.94 bits per heavy atom. The van der Waals surface area contributed by atoms with Gasteiger partial charge >= 0.3 is 5.69 Å². The fourth-order valence-corrected chi connectivity index (χ4v) is 3.62. The van der Waals surface area contributed by atoms with Gasteiger partial charge in [0.1, 0.15) is 29.9 Å². The number of halogens is 1. The molecule has 3 rings (SSSR count). The summed E-state index contributed by atoms with van der Waals surface area (Å²) in [6.45, 7) is 4.88. The summed E-state index contributed by atoms with van der Waals surface area (Å²) in [7, 11) is 1.47. The Bertz CT molecular complexity index is 991. The number of methoxy groups -OCH3 is 1. The average Bonchev–Trinajstić information content (AvgIpc) is 2.76. The van der Waals surface area contributed by atoms with Gasteiger partial charge in [0.2, 0.25) is 5.75 Å². The summed E-state index contributed by atoms with van der Waals surface area (Å²) >= 11 is 0. The van der Waals surface area contributed by atoms with Gasteiger partial charge in [-0.25, -0.2) is 9.18 Å². The van der Waals surface area contributed by atoms with E-state index in [4.69, 9.17) is 9.47 Å². The van der Waals surface area contributed by atoms with Gasteiger partial charge in [0, 0.05) is 31.3 Å². The maximum Gasteiger partial charge on any atom is 0.311 e. The largest absolute Gasteiger partial charge is 0.497 e. The number of benzene rings is 2. The van der Waals surface area contributed by atoms with Crippen LogP contribution in [0.5, 0.6) is 11.5 Å². The molecule has 0 radical (unpaired) electrons. The van der Waals surface area contributed by atoms with E-state index in [-0.39, 0.29) is 36.1 Å². The van der Waals surface area contributed by atoms with Crippen LogP contribution in [0, 0.1) is 15.9 Å². The molecule has 0 bridgehead atoms. The van der Waals surface area contributed by atoms with Crippen molar-refractivity contribution < 1.29 is 23.6 Å². The third-order valence-corrected chi connectivity index (χ3v) is 5.40. The minimum atomic E-state index is -0.516. The molecule has 1 aliphatic rings. The lowest BCUT2D eigenvalue weighted by Gasteiger charge is -2.45. The maximum absolute atomic E-state index is 13.2. The van der Waals surface area contributed by atoms with Crippen LogP contribution in [-0.2, 0) is 11.3 Å². The standard InChI is InChI=1S/C22H24FN3O5/c1-15-11-24(14-31-22-10-19(30-3)8-9-20(22)26(28)29)16(2)21(13-27)25(15)12-17-4-6-18(23)7-5-17/h4-10,15-16H,11-12,14H2,1-3H3/t15-,16+/m1/s1. The number of nitro benzene ring substituents is 1. The van der Waals surface area contributed by atoms with Crippen LogP contribution in [0.25, 0.3) is 0 Å².